The minimum absolute atomic E-state index is 0.0473. The van der Waals surface area contributed by atoms with Gasteiger partial charge in [-0.05, 0) is 18.2 Å². The highest BCUT2D eigenvalue weighted by Crippen LogP contribution is 2.27. The highest BCUT2D eigenvalue weighted by molar-refractivity contribution is 5.76. The number of carbonyl (C=O) groups excluding carboxylic acids is 1. The zero-order valence-electron chi connectivity index (χ0n) is 11.7. The van der Waals surface area contributed by atoms with Gasteiger partial charge in [0.25, 0.3) is 0 Å². The molecule has 0 aliphatic rings. The topological polar surface area (TPSA) is 74.2 Å². The Morgan fingerprint density at radius 3 is 2.65 bits per heavy atom. The molecule has 0 saturated carbocycles. The molecular formula is C14H20O6. The molecule has 0 aliphatic carbocycles. The molecule has 20 heavy (non-hydrogen) atoms. The Morgan fingerprint density at radius 2 is 2.00 bits per heavy atom. The Bertz CT molecular complexity index is 407. The summed E-state index contributed by atoms with van der Waals surface area (Å²) in [6, 6.07) is 4.83. The van der Waals surface area contributed by atoms with Gasteiger partial charge in [-0.1, -0.05) is 0 Å². The van der Waals surface area contributed by atoms with Gasteiger partial charge in [0, 0.05) is 12.7 Å². The molecule has 1 atom stereocenters. The van der Waals surface area contributed by atoms with Gasteiger partial charge in [0.2, 0.25) is 0 Å². The number of aliphatic hydroxyl groups is 1. The number of aldehydes is 1. The first-order chi connectivity index (χ1) is 9.71. The summed E-state index contributed by atoms with van der Waals surface area (Å²) in [5.74, 6) is 0.913. The van der Waals surface area contributed by atoms with Crippen LogP contribution in [0.4, 0.5) is 0 Å². The number of hydrogen-bond donors (Lipinski definition) is 1. The molecule has 0 spiro atoms. The molecule has 0 amide bonds. The van der Waals surface area contributed by atoms with Crippen molar-refractivity contribution < 1.29 is 28.8 Å². The normalized spacial score (nSPS) is 11.9. The molecule has 0 bridgehead atoms. The lowest BCUT2D eigenvalue weighted by Gasteiger charge is -2.15. The van der Waals surface area contributed by atoms with E-state index in [9.17, 15) is 9.90 Å². The molecule has 1 aromatic carbocycles. The molecule has 1 N–H and O–H groups in total. The maximum absolute atomic E-state index is 10.7. The highest BCUT2D eigenvalue weighted by Gasteiger charge is 2.10. The Morgan fingerprint density at radius 1 is 1.20 bits per heavy atom. The summed E-state index contributed by atoms with van der Waals surface area (Å²) in [6.45, 7) is 1.09. The lowest BCUT2D eigenvalue weighted by Crippen LogP contribution is -2.24. The van der Waals surface area contributed by atoms with E-state index in [-0.39, 0.29) is 13.2 Å². The maximum atomic E-state index is 10.7. The zero-order valence-corrected chi connectivity index (χ0v) is 11.7. The highest BCUT2D eigenvalue weighted by atomic mass is 16.5. The van der Waals surface area contributed by atoms with Crippen LogP contribution < -0.4 is 9.47 Å². The summed E-state index contributed by atoms with van der Waals surface area (Å²) in [4.78, 5) is 10.7. The van der Waals surface area contributed by atoms with Gasteiger partial charge in [-0.2, -0.15) is 0 Å². The molecular weight excluding hydrogens is 264 g/mol. The van der Waals surface area contributed by atoms with Crippen molar-refractivity contribution in [3.63, 3.8) is 0 Å². The van der Waals surface area contributed by atoms with Crippen LogP contribution in [0.15, 0.2) is 18.2 Å². The number of hydrogen-bond acceptors (Lipinski definition) is 6. The van der Waals surface area contributed by atoms with E-state index in [1.54, 1.807) is 25.3 Å². The van der Waals surface area contributed by atoms with E-state index in [1.807, 2.05) is 0 Å². The molecule has 0 saturated heterocycles. The van der Waals surface area contributed by atoms with Gasteiger partial charge in [-0.3, -0.25) is 4.79 Å². The second kappa shape index (κ2) is 9.30. The third-order valence-electron chi connectivity index (χ3n) is 2.50. The lowest BCUT2D eigenvalue weighted by molar-refractivity contribution is -0.00450. The van der Waals surface area contributed by atoms with Crippen molar-refractivity contribution in [1.29, 1.82) is 0 Å². The Labute approximate surface area is 118 Å². The predicted molar refractivity (Wildman–Crippen MR) is 72.6 cm³/mol. The lowest BCUT2D eigenvalue weighted by atomic mass is 10.2. The van der Waals surface area contributed by atoms with Gasteiger partial charge in [-0.25, -0.2) is 0 Å². The van der Waals surface area contributed by atoms with Crippen molar-refractivity contribution in [2.75, 3.05) is 40.6 Å². The molecule has 0 heterocycles. The second-order valence-corrected chi connectivity index (χ2v) is 4.06. The van der Waals surface area contributed by atoms with Crippen LogP contribution in [-0.2, 0) is 9.47 Å². The molecule has 1 aromatic rings. The van der Waals surface area contributed by atoms with Crippen molar-refractivity contribution in [1.82, 2.24) is 0 Å². The third-order valence-corrected chi connectivity index (χ3v) is 2.50. The van der Waals surface area contributed by atoms with E-state index >= 15 is 0 Å². The summed E-state index contributed by atoms with van der Waals surface area (Å²) in [6.07, 6.45) is -0.0483. The van der Waals surface area contributed by atoms with Crippen LogP contribution in [0.3, 0.4) is 0 Å². The first-order valence-electron chi connectivity index (χ1n) is 6.22. The van der Waals surface area contributed by atoms with Gasteiger partial charge >= 0.3 is 0 Å². The molecule has 0 aliphatic heterocycles. The van der Waals surface area contributed by atoms with E-state index < -0.39 is 6.10 Å². The summed E-state index contributed by atoms with van der Waals surface area (Å²) in [5.41, 5.74) is 0.478. The van der Waals surface area contributed by atoms with Crippen LogP contribution in [0.2, 0.25) is 0 Å². The molecule has 6 heteroatoms. The summed E-state index contributed by atoms with van der Waals surface area (Å²) < 4.78 is 20.6. The molecule has 0 aromatic heterocycles. The zero-order chi connectivity index (χ0) is 14.8. The van der Waals surface area contributed by atoms with Crippen LogP contribution in [0.25, 0.3) is 0 Å². The molecule has 1 unspecified atom stereocenters. The van der Waals surface area contributed by atoms with Crippen molar-refractivity contribution in [3.8, 4) is 11.5 Å². The fourth-order valence-corrected chi connectivity index (χ4v) is 1.48. The van der Waals surface area contributed by atoms with E-state index in [0.29, 0.717) is 30.3 Å². The van der Waals surface area contributed by atoms with Gasteiger partial charge < -0.3 is 24.1 Å². The number of carbonyl (C=O) groups is 1. The van der Waals surface area contributed by atoms with Crippen LogP contribution in [0.1, 0.15) is 10.4 Å². The Kier molecular flexibility index (Phi) is 7.64. The number of ether oxygens (including phenoxy) is 4. The molecule has 0 radical (unpaired) electrons. The maximum Gasteiger partial charge on any atom is 0.162 e. The number of methoxy groups -OCH3 is 2. The van der Waals surface area contributed by atoms with Crippen LogP contribution in [-0.4, -0.2) is 58.1 Å². The minimum Gasteiger partial charge on any atom is -0.493 e. The second-order valence-electron chi connectivity index (χ2n) is 4.06. The van der Waals surface area contributed by atoms with Gasteiger partial charge in [0.1, 0.15) is 19.0 Å². The van der Waals surface area contributed by atoms with Gasteiger partial charge in [-0.15, -0.1) is 0 Å². The fourth-order valence-electron chi connectivity index (χ4n) is 1.48. The summed E-state index contributed by atoms with van der Waals surface area (Å²) >= 11 is 0. The van der Waals surface area contributed by atoms with Crippen LogP contribution in [0, 0.1) is 0 Å². The number of benzene rings is 1. The average molecular weight is 284 g/mol. The molecule has 1 rings (SSSR count). The average Bonchev–Trinajstić information content (AvgIpc) is 2.49. The van der Waals surface area contributed by atoms with E-state index in [2.05, 4.69) is 0 Å². The standard InChI is InChI=1S/C14H20O6/c1-17-5-6-19-9-12(16)10-20-14-7-11(8-15)3-4-13(14)18-2/h3-4,7-8,12,16H,5-6,9-10H2,1-2H3. The van der Waals surface area contributed by atoms with Crippen LogP contribution in [0.5, 0.6) is 11.5 Å². The number of aliphatic hydroxyl groups excluding tert-OH is 1. The monoisotopic (exact) mass is 284 g/mol. The SMILES string of the molecule is COCCOCC(O)COc1cc(C=O)ccc1OC. The minimum atomic E-state index is -0.767. The van der Waals surface area contributed by atoms with Crippen molar-refractivity contribution in [3.05, 3.63) is 23.8 Å². The van der Waals surface area contributed by atoms with Crippen molar-refractivity contribution >= 4 is 6.29 Å². The van der Waals surface area contributed by atoms with Crippen LogP contribution >= 0.6 is 0 Å². The summed E-state index contributed by atoms with van der Waals surface area (Å²) in [5, 5.41) is 9.70. The summed E-state index contributed by atoms with van der Waals surface area (Å²) in [7, 11) is 3.09. The van der Waals surface area contributed by atoms with E-state index in [1.165, 1.54) is 7.11 Å². The van der Waals surface area contributed by atoms with E-state index in [4.69, 9.17) is 18.9 Å². The molecule has 6 nitrogen and oxygen atoms in total. The molecule has 112 valence electrons. The molecule has 0 fully saturated rings. The largest absolute Gasteiger partial charge is 0.493 e. The van der Waals surface area contributed by atoms with Gasteiger partial charge in [0.15, 0.2) is 11.5 Å². The van der Waals surface area contributed by atoms with Crippen molar-refractivity contribution in [2.45, 2.75) is 6.10 Å². The smallest absolute Gasteiger partial charge is 0.162 e. The first kappa shape index (κ1) is 16.4. The Balaban J connectivity index is 2.45. The number of rotatable bonds is 10. The fraction of sp³-hybridized carbons (Fsp3) is 0.500. The predicted octanol–water partition coefficient (Wildman–Crippen LogP) is 0.910. The third kappa shape index (κ3) is 5.56. The quantitative estimate of drug-likeness (QED) is 0.508. The van der Waals surface area contributed by atoms with Gasteiger partial charge in [0.05, 0.1) is 26.9 Å². The first-order valence-corrected chi connectivity index (χ1v) is 6.22. The van der Waals surface area contributed by atoms with E-state index in [0.717, 1.165) is 6.29 Å². The Hall–Kier alpha value is -1.63. The van der Waals surface area contributed by atoms with Crippen molar-refractivity contribution in [2.24, 2.45) is 0 Å².